The van der Waals surface area contributed by atoms with Crippen molar-refractivity contribution in [2.24, 2.45) is 0 Å². The third-order valence-electron chi connectivity index (χ3n) is 5.99. The highest BCUT2D eigenvalue weighted by molar-refractivity contribution is 7.92. The van der Waals surface area contributed by atoms with Crippen molar-refractivity contribution in [1.29, 1.82) is 0 Å². The molecule has 3 aromatic rings. The minimum atomic E-state index is -3.50. The van der Waals surface area contributed by atoms with E-state index >= 15 is 0 Å². The van der Waals surface area contributed by atoms with Crippen LogP contribution < -0.4 is 19.1 Å². The zero-order valence-electron chi connectivity index (χ0n) is 20.4. The van der Waals surface area contributed by atoms with E-state index < -0.39 is 10.0 Å². The average molecular weight is 495 g/mol. The molecule has 0 aromatic heterocycles. The number of anilines is 1. The number of ether oxygens (including phenoxy) is 2. The molecule has 1 N–H and O–H groups in total. The smallest absolute Gasteiger partial charge is 0.251 e. The number of nitrogens with zero attached hydrogens (tertiary/aromatic N) is 1. The second-order valence-electron chi connectivity index (χ2n) is 8.85. The number of carbonyl (C=O) groups excluding carboxylic acids is 1. The van der Waals surface area contributed by atoms with Gasteiger partial charge < -0.3 is 14.8 Å². The van der Waals surface area contributed by atoms with Gasteiger partial charge in [0, 0.05) is 5.56 Å². The van der Waals surface area contributed by atoms with E-state index in [9.17, 15) is 13.2 Å². The summed E-state index contributed by atoms with van der Waals surface area (Å²) in [7, 11) is -3.50. The summed E-state index contributed by atoms with van der Waals surface area (Å²) < 4.78 is 37.7. The highest BCUT2D eigenvalue weighted by Crippen LogP contribution is 2.32. The lowest BCUT2D eigenvalue weighted by Crippen LogP contribution is -2.30. The van der Waals surface area contributed by atoms with Crippen LogP contribution in [0.4, 0.5) is 5.69 Å². The molecule has 0 radical (unpaired) electrons. The van der Waals surface area contributed by atoms with Crippen molar-refractivity contribution in [2.45, 2.75) is 33.4 Å². The molecule has 184 valence electrons. The third-order valence-corrected chi connectivity index (χ3v) is 7.12. The lowest BCUT2D eigenvalue weighted by Gasteiger charge is -2.25. The van der Waals surface area contributed by atoms with Gasteiger partial charge in [0.15, 0.2) is 11.5 Å². The molecular weight excluding hydrogens is 464 g/mol. The van der Waals surface area contributed by atoms with Crippen LogP contribution in [-0.4, -0.2) is 33.8 Å². The summed E-state index contributed by atoms with van der Waals surface area (Å²) in [6.07, 6.45) is 1.20. The molecule has 0 spiro atoms. The van der Waals surface area contributed by atoms with Gasteiger partial charge in [0.2, 0.25) is 10.0 Å². The molecule has 0 fully saturated rings. The number of hydrogen-bond acceptors (Lipinski definition) is 5. The van der Waals surface area contributed by atoms with Gasteiger partial charge in [0.05, 0.1) is 24.5 Å². The van der Waals surface area contributed by atoms with Gasteiger partial charge in [-0.15, -0.1) is 0 Å². The number of benzene rings is 3. The number of carbonyl (C=O) groups is 1. The molecule has 0 saturated heterocycles. The summed E-state index contributed by atoms with van der Waals surface area (Å²) in [6.45, 7) is 6.95. The van der Waals surface area contributed by atoms with Crippen LogP contribution >= 0.6 is 0 Å². The Morgan fingerprint density at radius 2 is 1.66 bits per heavy atom. The molecule has 1 atom stereocenters. The lowest BCUT2D eigenvalue weighted by atomic mass is 10.1. The maximum Gasteiger partial charge on any atom is 0.251 e. The molecule has 4 rings (SSSR count). The van der Waals surface area contributed by atoms with E-state index in [0.29, 0.717) is 36.0 Å². The van der Waals surface area contributed by atoms with Gasteiger partial charge in [-0.3, -0.25) is 9.10 Å². The fraction of sp³-hybridized carbons (Fsp3) is 0.296. The minimum absolute atomic E-state index is 0.179. The first kappa shape index (κ1) is 24.6. The Hall–Kier alpha value is -3.52. The van der Waals surface area contributed by atoms with Crippen LogP contribution in [0.1, 0.15) is 45.6 Å². The third kappa shape index (κ3) is 5.77. The molecule has 3 aromatic carbocycles. The van der Waals surface area contributed by atoms with Crippen LogP contribution in [0.5, 0.6) is 11.5 Å². The van der Waals surface area contributed by atoms with E-state index in [1.807, 2.05) is 57.2 Å². The molecule has 7 nitrogen and oxygen atoms in total. The zero-order valence-corrected chi connectivity index (χ0v) is 21.2. The standard InChI is InChI=1S/C27H30N2O5S/c1-18-5-6-19(2)24(15-18)29(35(4,31)32)17-21-7-9-22(10-8-21)27(30)28-20(3)23-11-12-25-26(16-23)34-14-13-33-25/h5-12,15-16,20H,13-14,17H2,1-4H3,(H,28,30)/t20-/m0/s1. The number of rotatable bonds is 7. The Kier molecular flexibility index (Phi) is 7.03. The van der Waals surface area contributed by atoms with Gasteiger partial charge in [0.25, 0.3) is 5.91 Å². The number of amides is 1. The lowest BCUT2D eigenvalue weighted by molar-refractivity contribution is 0.0939. The SMILES string of the molecule is Cc1ccc(C)c(N(Cc2ccc(C(=O)N[C@@H](C)c3ccc4c(c3)OCCO4)cc2)S(C)(=O)=O)c1. The monoisotopic (exact) mass is 494 g/mol. The van der Waals surface area contributed by atoms with Gasteiger partial charge in [-0.2, -0.15) is 0 Å². The van der Waals surface area contributed by atoms with Crippen molar-refractivity contribution in [3.05, 3.63) is 88.5 Å². The van der Waals surface area contributed by atoms with Gasteiger partial charge in [-0.25, -0.2) is 8.42 Å². The predicted molar refractivity (Wildman–Crippen MR) is 137 cm³/mol. The number of sulfonamides is 1. The summed E-state index contributed by atoms with van der Waals surface area (Å²) >= 11 is 0. The minimum Gasteiger partial charge on any atom is -0.486 e. The normalized spacial score (nSPS) is 13.7. The average Bonchev–Trinajstić information content (AvgIpc) is 2.83. The Labute approximate surface area is 206 Å². The quantitative estimate of drug-likeness (QED) is 0.522. The molecule has 1 aliphatic rings. The Bertz CT molecular complexity index is 1340. The second-order valence-corrected chi connectivity index (χ2v) is 10.8. The van der Waals surface area contributed by atoms with Crippen molar-refractivity contribution >= 4 is 21.6 Å². The van der Waals surface area contributed by atoms with Crippen molar-refractivity contribution in [1.82, 2.24) is 5.32 Å². The van der Waals surface area contributed by atoms with Crippen molar-refractivity contribution in [3.63, 3.8) is 0 Å². The maximum absolute atomic E-state index is 12.8. The molecular formula is C27H30N2O5S. The van der Waals surface area contributed by atoms with Crippen LogP contribution in [0.15, 0.2) is 60.7 Å². The van der Waals surface area contributed by atoms with E-state index in [0.717, 1.165) is 22.3 Å². The van der Waals surface area contributed by atoms with Gasteiger partial charge in [-0.05, 0) is 73.4 Å². The number of hydrogen-bond donors (Lipinski definition) is 1. The molecule has 0 unspecified atom stereocenters. The van der Waals surface area contributed by atoms with Crippen LogP contribution in [0.2, 0.25) is 0 Å². The van der Waals surface area contributed by atoms with Crippen molar-refractivity contribution in [3.8, 4) is 11.5 Å². The summed E-state index contributed by atoms with van der Waals surface area (Å²) in [5, 5.41) is 3.00. The van der Waals surface area contributed by atoms with E-state index in [1.54, 1.807) is 24.3 Å². The van der Waals surface area contributed by atoms with Gasteiger partial charge >= 0.3 is 0 Å². The molecule has 0 aliphatic carbocycles. The van der Waals surface area contributed by atoms with E-state index in [2.05, 4.69) is 5.32 Å². The molecule has 1 aliphatic heterocycles. The van der Waals surface area contributed by atoms with E-state index in [4.69, 9.17) is 9.47 Å². The highest BCUT2D eigenvalue weighted by atomic mass is 32.2. The van der Waals surface area contributed by atoms with E-state index in [1.165, 1.54) is 10.6 Å². The van der Waals surface area contributed by atoms with Crippen LogP contribution in [0.25, 0.3) is 0 Å². The van der Waals surface area contributed by atoms with Crippen molar-refractivity contribution < 1.29 is 22.7 Å². The second kappa shape index (κ2) is 10.00. The molecule has 1 heterocycles. The first-order valence-corrected chi connectivity index (χ1v) is 13.3. The topological polar surface area (TPSA) is 84.9 Å². The fourth-order valence-corrected chi connectivity index (χ4v) is 4.93. The largest absolute Gasteiger partial charge is 0.486 e. The molecule has 8 heteroatoms. The summed E-state index contributed by atoms with van der Waals surface area (Å²) in [4.78, 5) is 12.8. The number of nitrogens with one attached hydrogen (secondary N) is 1. The Morgan fingerprint density at radius 1 is 0.971 bits per heavy atom. The predicted octanol–water partition coefficient (Wildman–Crippen LogP) is 4.53. The Balaban J connectivity index is 1.47. The van der Waals surface area contributed by atoms with Crippen LogP contribution in [0.3, 0.4) is 0 Å². The molecule has 1 amide bonds. The van der Waals surface area contributed by atoms with Crippen LogP contribution in [0, 0.1) is 13.8 Å². The molecule has 35 heavy (non-hydrogen) atoms. The van der Waals surface area contributed by atoms with Gasteiger partial charge in [0.1, 0.15) is 13.2 Å². The van der Waals surface area contributed by atoms with Gasteiger partial charge in [-0.1, -0.05) is 30.3 Å². The summed E-state index contributed by atoms with van der Waals surface area (Å²) in [5.74, 6) is 1.17. The zero-order chi connectivity index (χ0) is 25.2. The number of fused-ring (bicyclic) bond motifs is 1. The molecule has 0 saturated carbocycles. The summed E-state index contributed by atoms with van der Waals surface area (Å²) in [5.41, 5.74) is 4.71. The first-order chi connectivity index (χ1) is 16.6. The fourth-order valence-electron chi connectivity index (χ4n) is 3.99. The van der Waals surface area contributed by atoms with Crippen molar-refractivity contribution in [2.75, 3.05) is 23.8 Å². The van der Waals surface area contributed by atoms with Crippen LogP contribution in [-0.2, 0) is 16.6 Å². The highest BCUT2D eigenvalue weighted by Gasteiger charge is 2.21. The number of aryl methyl sites for hydroxylation is 2. The van der Waals surface area contributed by atoms with E-state index in [-0.39, 0.29) is 18.5 Å². The maximum atomic E-state index is 12.8. The first-order valence-electron chi connectivity index (χ1n) is 11.5. The molecule has 0 bridgehead atoms. The Morgan fingerprint density at radius 3 is 2.34 bits per heavy atom. The summed E-state index contributed by atoms with van der Waals surface area (Å²) in [6, 6.07) is 18.2.